The lowest BCUT2D eigenvalue weighted by Gasteiger charge is -2.05. The summed E-state index contributed by atoms with van der Waals surface area (Å²) in [5.74, 6) is 0.517. The van der Waals surface area contributed by atoms with E-state index < -0.39 is 0 Å². The number of rotatable bonds is 1. The summed E-state index contributed by atoms with van der Waals surface area (Å²) in [4.78, 5) is 0. The number of aromatic nitrogens is 3. The quantitative estimate of drug-likeness (QED) is 0.731. The van der Waals surface area contributed by atoms with Gasteiger partial charge in [0.25, 0.3) is 0 Å². The fourth-order valence-electron chi connectivity index (χ4n) is 2.34. The molecule has 3 aromatic rings. The average molecular weight is 261 g/mol. The molecule has 18 heavy (non-hydrogen) atoms. The van der Waals surface area contributed by atoms with Gasteiger partial charge >= 0.3 is 0 Å². The van der Waals surface area contributed by atoms with E-state index in [1.54, 1.807) is 4.68 Å². The van der Waals surface area contributed by atoms with E-state index in [0.29, 0.717) is 5.82 Å². The fraction of sp³-hybridized carbons (Fsp3) is 0.154. The number of hydrogen-bond acceptors (Lipinski definition) is 2. The Morgan fingerprint density at radius 1 is 1.17 bits per heavy atom. The van der Waals surface area contributed by atoms with Crippen LogP contribution in [-0.4, -0.2) is 14.3 Å². The van der Waals surface area contributed by atoms with E-state index in [4.69, 9.17) is 17.3 Å². The van der Waals surface area contributed by atoms with E-state index in [0.717, 1.165) is 27.3 Å². The second kappa shape index (κ2) is 3.78. The standard InChI is InChI=1S/C13H13ClN4/c1-17-10(11-7-12(15)16-18(11)2)6-8-4-3-5-9(14)13(8)17/h3-7H,1-2H3,(H2,15,16). The van der Waals surface area contributed by atoms with Gasteiger partial charge in [0.1, 0.15) is 5.82 Å². The van der Waals surface area contributed by atoms with Gasteiger partial charge in [0.2, 0.25) is 0 Å². The number of hydrogen-bond donors (Lipinski definition) is 1. The predicted molar refractivity (Wildman–Crippen MR) is 74.5 cm³/mol. The number of benzene rings is 1. The van der Waals surface area contributed by atoms with Gasteiger partial charge in [0.15, 0.2) is 0 Å². The Hall–Kier alpha value is -1.94. The highest BCUT2D eigenvalue weighted by Gasteiger charge is 2.13. The van der Waals surface area contributed by atoms with Gasteiger partial charge in [-0.1, -0.05) is 23.7 Å². The highest BCUT2D eigenvalue weighted by Crippen LogP contribution is 2.31. The van der Waals surface area contributed by atoms with Gasteiger partial charge < -0.3 is 10.3 Å². The second-order valence-corrected chi connectivity index (χ2v) is 4.75. The van der Waals surface area contributed by atoms with Crippen LogP contribution in [0.1, 0.15) is 0 Å². The largest absolute Gasteiger partial charge is 0.382 e. The van der Waals surface area contributed by atoms with Crippen LogP contribution in [0.3, 0.4) is 0 Å². The van der Waals surface area contributed by atoms with Gasteiger partial charge in [-0.15, -0.1) is 0 Å². The molecule has 0 fully saturated rings. The second-order valence-electron chi connectivity index (χ2n) is 4.34. The van der Waals surface area contributed by atoms with Crippen LogP contribution in [0.5, 0.6) is 0 Å². The predicted octanol–water partition coefficient (Wildman–Crippen LogP) is 2.81. The van der Waals surface area contributed by atoms with Crippen molar-refractivity contribution in [3.63, 3.8) is 0 Å². The van der Waals surface area contributed by atoms with Crippen molar-refractivity contribution in [2.24, 2.45) is 14.1 Å². The third-order valence-corrected chi connectivity index (χ3v) is 3.47. The Bertz CT molecular complexity index is 739. The van der Waals surface area contributed by atoms with Crippen LogP contribution in [0.25, 0.3) is 22.3 Å². The van der Waals surface area contributed by atoms with Crippen LogP contribution in [-0.2, 0) is 14.1 Å². The molecule has 92 valence electrons. The zero-order chi connectivity index (χ0) is 12.9. The topological polar surface area (TPSA) is 48.8 Å². The average Bonchev–Trinajstić information content (AvgIpc) is 2.80. The summed E-state index contributed by atoms with van der Waals surface area (Å²) in [7, 11) is 3.87. The first kappa shape index (κ1) is 11.2. The Morgan fingerprint density at radius 3 is 2.56 bits per heavy atom. The van der Waals surface area contributed by atoms with Gasteiger partial charge in [-0.2, -0.15) is 5.10 Å². The maximum Gasteiger partial charge on any atom is 0.146 e. The number of fused-ring (bicyclic) bond motifs is 1. The lowest BCUT2D eigenvalue weighted by Crippen LogP contribution is -1.98. The molecular weight excluding hydrogens is 248 g/mol. The zero-order valence-electron chi connectivity index (χ0n) is 10.2. The highest BCUT2D eigenvalue weighted by molar-refractivity contribution is 6.35. The van der Waals surface area contributed by atoms with E-state index in [9.17, 15) is 0 Å². The smallest absolute Gasteiger partial charge is 0.146 e. The third-order valence-electron chi connectivity index (χ3n) is 3.17. The maximum absolute atomic E-state index is 6.24. The molecule has 2 aromatic heterocycles. The Labute approximate surface area is 110 Å². The molecular formula is C13H13ClN4. The minimum Gasteiger partial charge on any atom is -0.382 e. The Morgan fingerprint density at radius 2 is 1.94 bits per heavy atom. The van der Waals surface area contributed by atoms with Crippen LogP contribution in [0.15, 0.2) is 30.3 Å². The van der Waals surface area contributed by atoms with Crippen molar-refractivity contribution < 1.29 is 0 Å². The van der Waals surface area contributed by atoms with Crippen LogP contribution in [0, 0.1) is 0 Å². The number of para-hydroxylation sites is 1. The molecule has 0 aliphatic rings. The van der Waals surface area contributed by atoms with Crippen molar-refractivity contribution in [2.75, 3.05) is 5.73 Å². The molecule has 0 bridgehead atoms. The summed E-state index contributed by atoms with van der Waals surface area (Å²) < 4.78 is 3.84. The summed E-state index contributed by atoms with van der Waals surface area (Å²) in [5, 5.41) is 6.03. The van der Waals surface area contributed by atoms with Crippen molar-refractivity contribution in [2.45, 2.75) is 0 Å². The highest BCUT2D eigenvalue weighted by atomic mass is 35.5. The monoisotopic (exact) mass is 260 g/mol. The van der Waals surface area contributed by atoms with Crippen molar-refractivity contribution in [3.05, 3.63) is 35.4 Å². The number of nitrogens with two attached hydrogens (primary N) is 1. The van der Waals surface area contributed by atoms with E-state index in [1.807, 2.05) is 38.4 Å². The zero-order valence-corrected chi connectivity index (χ0v) is 10.9. The molecule has 0 spiro atoms. The molecule has 0 atom stereocenters. The number of nitrogen functional groups attached to an aromatic ring is 1. The van der Waals surface area contributed by atoms with E-state index >= 15 is 0 Å². The molecule has 0 radical (unpaired) electrons. The van der Waals surface area contributed by atoms with Crippen LogP contribution in [0.2, 0.25) is 5.02 Å². The summed E-state index contributed by atoms with van der Waals surface area (Å²) in [5.41, 5.74) is 8.77. The molecule has 2 N–H and O–H groups in total. The number of aryl methyl sites for hydroxylation is 2. The minimum absolute atomic E-state index is 0.517. The fourth-order valence-corrected chi connectivity index (χ4v) is 2.65. The Balaban J connectivity index is 2.34. The van der Waals surface area contributed by atoms with Gasteiger partial charge in [0, 0.05) is 25.5 Å². The molecule has 0 unspecified atom stereocenters. The molecule has 0 aliphatic heterocycles. The molecule has 0 saturated heterocycles. The van der Waals surface area contributed by atoms with Crippen LogP contribution in [0.4, 0.5) is 5.82 Å². The first-order chi connectivity index (χ1) is 8.58. The van der Waals surface area contributed by atoms with Gasteiger partial charge in [0.05, 0.1) is 21.9 Å². The van der Waals surface area contributed by atoms with Gasteiger partial charge in [-0.05, 0) is 12.1 Å². The summed E-state index contributed by atoms with van der Waals surface area (Å²) >= 11 is 6.24. The van der Waals surface area contributed by atoms with Crippen molar-refractivity contribution >= 4 is 28.3 Å². The number of anilines is 1. The molecule has 4 nitrogen and oxygen atoms in total. The van der Waals surface area contributed by atoms with E-state index in [1.165, 1.54) is 0 Å². The molecule has 3 rings (SSSR count). The van der Waals surface area contributed by atoms with Crippen molar-refractivity contribution in [3.8, 4) is 11.4 Å². The number of nitrogens with zero attached hydrogens (tertiary/aromatic N) is 3. The van der Waals surface area contributed by atoms with Crippen LogP contribution < -0.4 is 5.73 Å². The SMILES string of the molecule is Cn1nc(N)cc1-c1cc2cccc(Cl)c2n1C. The number of halogens is 1. The van der Waals surface area contributed by atoms with E-state index in [-0.39, 0.29) is 0 Å². The minimum atomic E-state index is 0.517. The Kier molecular flexibility index (Phi) is 2.35. The van der Waals surface area contributed by atoms with Gasteiger partial charge in [-0.3, -0.25) is 4.68 Å². The molecule has 0 aliphatic carbocycles. The first-order valence-corrected chi connectivity index (χ1v) is 5.99. The summed E-state index contributed by atoms with van der Waals surface area (Å²) in [6.07, 6.45) is 0. The first-order valence-electron chi connectivity index (χ1n) is 5.62. The molecule has 2 heterocycles. The molecule has 0 saturated carbocycles. The van der Waals surface area contributed by atoms with Crippen molar-refractivity contribution in [1.82, 2.24) is 14.3 Å². The molecule has 0 amide bonds. The lowest BCUT2D eigenvalue weighted by atomic mass is 10.2. The molecule has 5 heteroatoms. The third kappa shape index (κ3) is 1.49. The van der Waals surface area contributed by atoms with Crippen LogP contribution >= 0.6 is 11.6 Å². The van der Waals surface area contributed by atoms with Gasteiger partial charge in [-0.25, -0.2) is 0 Å². The summed E-state index contributed by atoms with van der Waals surface area (Å²) in [6.45, 7) is 0. The normalized spacial score (nSPS) is 11.3. The maximum atomic E-state index is 6.24. The lowest BCUT2D eigenvalue weighted by molar-refractivity contribution is 0.772. The van der Waals surface area contributed by atoms with Crippen molar-refractivity contribution in [1.29, 1.82) is 0 Å². The van der Waals surface area contributed by atoms with E-state index in [2.05, 4.69) is 15.7 Å². The summed E-state index contributed by atoms with van der Waals surface area (Å²) in [6, 6.07) is 9.85. The molecule has 1 aromatic carbocycles.